The highest BCUT2D eigenvalue weighted by Gasteiger charge is 2.31. The van der Waals surface area contributed by atoms with Crippen molar-refractivity contribution >= 4 is 10.9 Å². The molecule has 1 aromatic heterocycles. The number of benzene rings is 1. The minimum absolute atomic E-state index is 0.103. The van der Waals surface area contributed by atoms with Gasteiger partial charge in [-0.3, -0.25) is 19.2 Å². The number of likely N-dealkylation sites (tertiary alicyclic amines) is 1. The summed E-state index contributed by atoms with van der Waals surface area (Å²) in [4.78, 5) is 22.3. The third-order valence-electron chi connectivity index (χ3n) is 5.89. The second-order valence-electron chi connectivity index (χ2n) is 7.80. The molecule has 0 saturated carbocycles. The van der Waals surface area contributed by atoms with Crippen molar-refractivity contribution in [3.63, 3.8) is 0 Å². The Bertz CT molecular complexity index is 881. The van der Waals surface area contributed by atoms with Crippen molar-refractivity contribution in [2.24, 2.45) is 0 Å². The predicted molar refractivity (Wildman–Crippen MR) is 107 cm³/mol. The molecule has 2 aliphatic rings. The second-order valence-corrected chi connectivity index (χ2v) is 7.80. The van der Waals surface area contributed by atoms with E-state index in [-0.39, 0.29) is 11.6 Å². The molecule has 2 saturated heterocycles. The van der Waals surface area contributed by atoms with Crippen LogP contribution in [-0.2, 0) is 11.3 Å². The smallest absolute Gasteiger partial charge is 0.261 e. The van der Waals surface area contributed by atoms with Gasteiger partial charge < -0.3 is 4.74 Å². The Hall–Kier alpha value is -1.90. The van der Waals surface area contributed by atoms with Crippen molar-refractivity contribution in [3.8, 4) is 0 Å². The van der Waals surface area contributed by atoms with Crippen molar-refractivity contribution in [1.29, 1.82) is 0 Å². The fourth-order valence-electron chi connectivity index (χ4n) is 4.43. The molecule has 1 atom stereocenters. The number of aromatic nitrogens is 2. The highest BCUT2D eigenvalue weighted by Crippen LogP contribution is 2.31. The molecule has 2 aliphatic heterocycles. The molecular weight excluding hydrogens is 378 g/mol. The van der Waals surface area contributed by atoms with Crippen LogP contribution in [0.25, 0.3) is 10.9 Å². The summed E-state index contributed by atoms with van der Waals surface area (Å²) in [6.07, 6.45) is 0.243. The van der Waals surface area contributed by atoms with Crippen LogP contribution in [0.15, 0.2) is 29.1 Å². The summed E-state index contributed by atoms with van der Waals surface area (Å²) in [6, 6.07) is 6.90. The zero-order valence-corrected chi connectivity index (χ0v) is 16.6. The number of hydrogen-bond acceptors (Lipinski definition) is 5. The summed E-state index contributed by atoms with van der Waals surface area (Å²) < 4.78 is 33.3. The molecule has 1 unspecified atom stereocenters. The molecule has 3 heterocycles. The Morgan fingerprint density at radius 3 is 2.83 bits per heavy atom. The summed E-state index contributed by atoms with van der Waals surface area (Å²) in [6.45, 7) is 5.53. The minimum Gasteiger partial charge on any atom is -0.380 e. The lowest BCUT2D eigenvalue weighted by Crippen LogP contribution is -2.38. The Morgan fingerprint density at radius 2 is 1.97 bits per heavy atom. The van der Waals surface area contributed by atoms with Crippen LogP contribution in [0.4, 0.5) is 8.78 Å². The maximum atomic E-state index is 13.3. The van der Waals surface area contributed by atoms with E-state index in [4.69, 9.17) is 4.74 Å². The van der Waals surface area contributed by atoms with E-state index in [0.717, 1.165) is 65.2 Å². The SMILES string of the molecule is O=c1c2ccccc2nc(C2CCCN2CCN2CCCOCC2)n1CC(F)F. The molecule has 0 spiro atoms. The molecule has 2 aromatic rings. The fraction of sp³-hybridized carbons (Fsp3) is 0.619. The van der Waals surface area contributed by atoms with Gasteiger partial charge in [-0.1, -0.05) is 12.1 Å². The average molecular weight is 406 g/mol. The summed E-state index contributed by atoms with van der Waals surface area (Å²) in [5, 5.41) is 0.394. The van der Waals surface area contributed by atoms with Gasteiger partial charge in [0.2, 0.25) is 0 Å². The first kappa shape index (κ1) is 20.4. The molecule has 0 bridgehead atoms. The lowest BCUT2D eigenvalue weighted by Gasteiger charge is -2.29. The van der Waals surface area contributed by atoms with Gasteiger partial charge in [-0.05, 0) is 37.9 Å². The van der Waals surface area contributed by atoms with Gasteiger partial charge in [-0.2, -0.15) is 0 Å². The molecule has 1 aromatic carbocycles. The Balaban J connectivity index is 1.60. The van der Waals surface area contributed by atoms with Crippen LogP contribution in [0, 0.1) is 0 Å². The van der Waals surface area contributed by atoms with Crippen molar-refractivity contribution in [3.05, 3.63) is 40.4 Å². The molecule has 158 valence electrons. The largest absolute Gasteiger partial charge is 0.380 e. The van der Waals surface area contributed by atoms with Crippen LogP contribution < -0.4 is 5.56 Å². The standard InChI is InChI=1S/C21H28F2N4O2/c22-19(23)15-27-20(24-17-6-2-1-5-16(17)21(27)28)18-7-3-9-26(18)11-10-25-8-4-13-29-14-12-25/h1-2,5-6,18-19H,3-4,7-15H2. The van der Waals surface area contributed by atoms with Crippen molar-refractivity contribution in [2.75, 3.05) is 45.9 Å². The van der Waals surface area contributed by atoms with E-state index >= 15 is 0 Å². The Kier molecular flexibility index (Phi) is 6.52. The van der Waals surface area contributed by atoms with Crippen LogP contribution in [0.3, 0.4) is 0 Å². The van der Waals surface area contributed by atoms with Crippen LogP contribution in [0.5, 0.6) is 0 Å². The van der Waals surface area contributed by atoms with E-state index in [1.807, 2.05) is 6.07 Å². The van der Waals surface area contributed by atoms with Gasteiger partial charge in [-0.25, -0.2) is 13.8 Å². The zero-order chi connectivity index (χ0) is 20.2. The van der Waals surface area contributed by atoms with Crippen LogP contribution >= 0.6 is 0 Å². The first-order valence-electron chi connectivity index (χ1n) is 10.5. The second kappa shape index (κ2) is 9.28. The molecule has 6 nitrogen and oxygen atoms in total. The van der Waals surface area contributed by atoms with E-state index in [1.165, 1.54) is 4.57 Å². The van der Waals surface area contributed by atoms with E-state index < -0.39 is 13.0 Å². The first-order valence-corrected chi connectivity index (χ1v) is 10.5. The molecule has 0 radical (unpaired) electrons. The third-order valence-corrected chi connectivity index (χ3v) is 5.89. The van der Waals surface area contributed by atoms with E-state index in [9.17, 15) is 13.6 Å². The van der Waals surface area contributed by atoms with E-state index in [1.54, 1.807) is 18.2 Å². The van der Waals surface area contributed by atoms with Crippen molar-refractivity contribution in [2.45, 2.75) is 38.3 Å². The number of halogens is 2. The monoisotopic (exact) mass is 406 g/mol. The first-order chi connectivity index (χ1) is 14.1. The molecule has 8 heteroatoms. The minimum atomic E-state index is -2.60. The normalized spacial score (nSPS) is 21.8. The van der Waals surface area contributed by atoms with Gasteiger partial charge >= 0.3 is 0 Å². The average Bonchev–Trinajstić information content (AvgIpc) is 3.02. The molecule has 29 heavy (non-hydrogen) atoms. The summed E-state index contributed by atoms with van der Waals surface area (Å²) >= 11 is 0. The number of rotatable bonds is 6. The maximum absolute atomic E-state index is 13.3. The number of ether oxygens (including phenoxy) is 1. The topological polar surface area (TPSA) is 50.6 Å². The quantitative estimate of drug-likeness (QED) is 0.738. The van der Waals surface area contributed by atoms with Crippen LogP contribution in [0.2, 0.25) is 0 Å². The number of para-hydroxylation sites is 1. The van der Waals surface area contributed by atoms with Crippen LogP contribution in [0.1, 0.15) is 31.1 Å². The van der Waals surface area contributed by atoms with Gasteiger partial charge in [0.25, 0.3) is 12.0 Å². The van der Waals surface area contributed by atoms with Gasteiger partial charge in [0.05, 0.1) is 30.1 Å². The van der Waals surface area contributed by atoms with Gasteiger partial charge in [0.15, 0.2) is 0 Å². The van der Waals surface area contributed by atoms with Gasteiger partial charge in [0, 0.05) is 32.8 Å². The Morgan fingerprint density at radius 1 is 1.10 bits per heavy atom. The van der Waals surface area contributed by atoms with E-state index in [2.05, 4.69) is 14.8 Å². The number of hydrogen-bond donors (Lipinski definition) is 0. The molecule has 0 aliphatic carbocycles. The Labute approximate surface area is 169 Å². The van der Waals surface area contributed by atoms with E-state index in [0.29, 0.717) is 16.7 Å². The predicted octanol–water partition coefficient (Wildman–Crippen LogP) is 2.52. The number of alkyl halides is 2. The molecule has 0 N–H and O–H groups in total. The third kappa shape index (κ3) is 4.65. The van der Waals surface area contributed by atoms with Crippen molar-refractivity contribution < 1.29 is 13.5 Å². The lowest BCUT2D eigenvalue weighted by molar-refractivity contribution is 0.119. The van der Waals surface area contributed by atoms with Gasteiger partial charge in [0.1, 0.15) is 5.82 Å². The zero-order valence-electron chi connectivity index (χ0n) is 16.6. The number of nitrogens with zero attached hydrogens (tertiary/aromatic N) is 4. The van der Waals surface area contributed by atoms with Crippen LogP contribution in [-0.4, -0.2) is 71.7 Å². The molecule has 2 fully saturated rings. The summed E-state index contributed by atoms with van der Waals surface area (Å²) in [5.74, 6) is 0.477. The highest BCUT2D eigenvalue weighted by atomic mass is 19.3. The lowest BCUT2D eigenvalue weighted by atomic mass is 10.1. The van der Waals surface area contributed by atoms with Gasteiger partial charge in [-0.15, -0.1) is 0 Å². The maximum Gasteiger partial charge on any atom is 0.261 e. The highest BCUT2D eigenvalue weighted by molar-refractivity contribution is 5.77. The molecule has 0 amide bonds. The molecular formula is C21H28F2N4O2. The fourth-order valence-corrected chi connectivity index (χ4v) is 4.43. The number of fused-ring (bicyclic) bond motifs is 1. The van der Waals surface area contributed by atoms with Crippen molar-refractivity contribution in [1.82, 2.24) is 19.4 Å². The summed E-state index contributed by atoms with van der Waals surface area (Å²) in [5.41, 5.74) is 0.206. The summed E-state index contributed by atoms with van der Waals surface area (Å²) in [7, 11) is 0. The molecule has 4 rings (SSSR count).